The van der Waals surface area contributed by atoms with Gasteiger partial charge in [0.05, 0.1) is 27.7 Å². The lowest BCUT2D eigenvalue weighted by Gasteiger charge is -2.03. The SMILES string of the molecule is COc1cc(/C=N\NC(=O)c2cc(-c3ccc(Br)s3)[nH]n2)ccc1O. The zero-order chi connectivity index (χ0) is 17.8. The van der Waals surface area contributed by atoms with E-state index in [9.17, 15) is 9.90 Å². The van der Waals surface area contributed by atoms with Gasteiger partial charge in [0.15, 0.2) is 17.2 Å². The molecule has 3 rings (SSSR count). The largest absolute Gasteiger partial charge is 0.504 e. The molecule has 2 heterocycles. The number of carbonyl (C=O) groups is 1. The van der Waals surface area contributed by atoms with E-state index >= 15 is 0 Å². The molecule has 2 aromatic heterocycles. The number of methoxy groups -OCH3 is 1. The van der Waals surface area contributed by atoms with E-state index in [2.05, 4.69) is 36.7 Å². The Kier molecular flexibility index (Phi) is 5.15. The zero-order valence-electron chi connectivity index (χ0n) is 13.0. The second-order valence-corrected chi connectivity index (χ2v) is 7.36. The molecule has 25 heavy (non-hydrogen) atoms. The standard InChI is InChI=1S/C16H13BrN4O3S/c1-24-13-6-9(2-3-12(13)22)8-18-21-16(23)11-7-10(19-20-11)14-4-5-15(17)25-14/h2-8,22H,1H3,(H,19,20)(H,21,23)/b18-8-. The molecule has 0 saturated carbocycles. The van der Waals surface area contributed by atoms with Crippen LogP contribution in [0.2, 0.25) is 0 Å². The van der Waals surface area contributed by atoms with Crippen LogP contribution in [0, 0.1) is 0 Å². The Bertz CT molecular complexity index is 935. The fourth-order valence-corrected chi connectivity index (χ4v) is 3.37. The number of amides is 1. The van der Waals surface area contributed by atoms with E-state index in [1.807, 2.05) is 12.1 Å². The van der Waals surface area contributed by atoms with Gasteiger partial charge in [0, 0.05) is 0 Å². The molecule has 3 N–H and O–H groups in total. The number of ether oxygens (including phenoxy) is 1. The average Bonchev–Trinajstić information content (AvgIpc) is 3.25. The van der Waals surface area contributed by atoms with E-state index in [1.54, 1.807) is 18.2 Å². The van der Waals surface area contributed by atoms with Crippen molar-refractivity contribution in [1.29, 1.82) is 0 Å². The van der Waals surface area contributed by atoms with Gasteiger partial charge in [-0.2, -0.15) is 10.2 Å². The fraction of sp³-hybridized carbons (Fsp3) is 0.0625. The molecule has 3 aromatic rings. The van der Waals surface area contributed by atoms with Crippen LogP contribution in [0.3, 0.4) is 0 Å². The number of H-pyrrole nitrogens is 1. The predicted molar refractivity (Wildman–Crippen MR) is 99.3 cm³/mol. The van der Waals surface area contributed by atoms with Crippen molar-refractivity contribution in [2.45, 2.75) is 0 Å². The maximum absolute atomic E-state index is 12.1. The van der Waals surface area contributed by atoms with Crippen LogP contribution in [0.4, 0.5) is 0 Å². The van der Waals surface area contributed by atoms with Crippen LogP contribution in [0.25, 0.3) is 10.6 Å². The lowest BCUT2D eigenvalue weighted by Crippen LogP contribution is -2.18. The topological polar surface area (TPSA) is 99.6 Å². The number of nitrogens with zero attached hydrogens (tertiary/aromatic N) is 2. The highest BCUT2D eigenvalue weighted by Crippen LogP contribution is 2.30. The summed E-state index contributed by atoms with van der Waals surface area (Å²) in [4.78, 5) is 13.1. The Morgan fingerprint density at radius 3 is 2.96 bits per heavy atom. The number of hydrazone groups is 1. The molecule has 0 aliphatic heterocycles. The second-order valence-electron chi connectivity index (χ2n) is 4.90. The fourth-order valence-electron chi connectivity index (χ4n) is 2.02. The average molecular weight is 421 g/mol. The quantitative estimate of drug-likeness (QED) is 0.435. The highest BCUT2D eigenvalue weighted by atomic mass is 79.9. The van der Waals surface area contributed by atoms with Crippen LogP contribution in [0.1, 0.15) is 16.1 Å². The number of benzene rings is 1. The van der Waals surface area contributed by atoms with Crippen molar-refractivity contribution >= 4 is 39.4 Å². The van der Waals surface area contributed by atoms with Crippen molar-refractivity contribution < 1.29 is 14.6 Å². The van der Waals surface area contributed by atoms with Crippen molar-refractivity contribution in [2.24, 2.45) is 5.10 Å². The van der Waals surface area contributed by atoms with Gasteiger partial charge in [-0.3, -0.25) is 9.89 Å². The zero-order valence-corrected chi connectivity index (χ0v) is 15.4. The molecule has 7 nitrogen and oxygen atoms in total. The van der Waals surface area contributed by atoms with Crippen LogP contribution in [0.15, 0.2) is 45.3 Å². The summed E-state index contributed by atoms with van der Waals surface area (Å²) in [6, 6.07) is 10.3. The second kappa shape index (κ2) is 7.49. The van der Waals surface area contributed by atoms with Crippen molar-refractivity contribution in [1.82, 2.24) is 15.6 Å². The van der Waals surface area contributed by atoms with Crippen LogP contribution in [-0.2, 0) is 0 Å². The molecule has 0 radical (unpaired) electrons. The van der Waals surface area contributed by atoms with Gasteiger partial charge in [-0.15, -0.1) is 11.3 Å². The maximum Gasteiger partial charge on any atom is 0.291 e. The number of phenolic OH excluding ortho intramolecular Hbond substituents is 1. The van der Waals surface area contributed by atoms with Crippen molar-refractivity contribution in [2.75, 3.05) is 7.11 Å². The third-order valence-electron chi connectivity index (χ3n) is 3.23. The highest BCUT2D eigenvalue weighted by molar-refractivity contribution is 9.11. The normalized spacial score (nSPS) is 11.0. The molecular weight excluding hydrogens is 408 g/mol. The number of aromatic amines is 1. The minimum Gasteiger partial charge on any atom is -0.504 e. The van der Waals surface area contributed by atoms with Gasteiger partial charge >= 0.3 is 0 Å². The van der Waals surface area contributed by atoms with E-state index < -0.39 is 5.91 Å². The Morgan fingerprint density at radius 1 is 1.40 bits per heavy atom. The van der Waals surface area contributed by atoms with Crippen molar-refractivity contribution in [3.05, 3.63) is 51.4 Å². The first-order valence-electron chi connectivity index (χ1n) is 7.08. The molecule has 9 heteroatoms. The Balaban J connectivity index is 1.66. The first-order valence-corrected chi connectivity index (χ1v) is 8.69. The summed E-state index contributed by atoms with van der Waals surface area (Å²) in [6.45, 7) is 0. The molecule has 0 spiro atoms. The van der Waals surface area contributed by atoms with Crippen molar-refractivity contribution in [3.8, 4) is 22.1 Å². The number of carbonyl (C=O) groups excluding carboxylic acids is 1. The summed E-state index contributed by atoms with van der Waals surface area (Å²) in [5, 5.41) is 20.3. The molecule has 0 bridgehead atoms. The molecular formula is C16H13BrN4O3S. The molecule has 0 aliphatic carbocycles. The number of aromatic hydroxyl groups is 1. The number of nitrogens with one attached hydrogen (secondary N) is 2. The Hall–Kier alpha value is -2.65. The van der Waals surface area contributed by atoms with Gasteiger partial charge in [-0.05, 0) is 57.9 Å². The summed E-state index contributed by atoms with van der Waals surface area (Å²) >= 11 is 4.93. The molecule has 0 fully saturated rings. The molecule has 0 atom stereocenters. The van der Waals surface area contributed by atoms with Gasteiger partial charge in [0.25, 0.3) is 5.91 Å². The third-order valence-corrected chi connectivity index (χ3v) is 4.89. The van der Waals surface area contributed by atoms with Crippen LogP contribution in [-0.4, -0.2) is 34.5 Å². The lowest BCUT2D eigenvalue weighted by atomic mass is 10.2. The van der Waals surface area contributed by atoms with E-state index in [0.29, 0.717) is 11.3 Å². The number of hydrogen-bond acceptors (Lipinski definition) is 6. The summed E-state index contributed by atoms with van der Waals surface area (Å²) in [6.07, 6.45) is 1.45. The Morgan fingerprint density at radius 2 is 2.24 bits per heavy atom. The van der Waals surface area contributed by atoms with E-state index in [1.165, 1.54) is 30.7 Å². The van der Waals surface area contributed by atoms with Crippen LogP contribution >= 0.6 is 27.3 Å². The molecule has 0 saturated heterocycles. The van der Waals surface area contributed by atoms with Gasteiger partial charge in [-0.1, -0.05) is 0 Å². The van der Waals surface area contributed by atoms with Crippen LogP contribution < -0.4 is 10.2 Å². The minimum atomic E-state index is -0.430. The van der Waals surface area contributed by atoms with Crippen LogP contribution in [0.5, 0.6) is 11.5 Å². The first kappa shape index (κ1) is 17.2. The molecule has 1 amide bonds. The van der Waals surface area contributed by atoms with E-state index in [4.69, 9.17) is 4.74 Å². The number of thiophene rings is 1. The van der Waals surface area contributed by atoms with Gasteiger partial charge < -0.3 is 9.84 Å². The minimum absolute atomic E-state index is 0.0351. The van der Waals surface area contributed by atoms with E-state index in [-0.39, 0.29) is 11.4 Å². The number of phenols is 1. The van der Waals surface area contributed by atoms with Crippen molar-refractivity contribution in [3.63, 3.8) is 0 Å². The molecule has 1 aromatic carbocycles. The monoisotopic (exact) mass is 420 g/mol. The summed E-state index contributed by atoms with van der Waals surface area (Å²) in [5.41, 5.74) is 4.07. The number of hydrogen-bond donors (Lipinski definition) is 3. The number of aromatic nitrogens is 2. The van der Waals surface area contributed by atoms with E-state index in [0.717, 1.165) is 14.4 Å². The number of halogens is 1. The molecule has 0 aliphatic rings. The number of rotatable bonds is 5. The summed E-state index contributed by atoms with van der Waals surface area (Å²) in [7, 11) is 1.46. The lowest BCUT2D eigenvalue weighted by molar-refractivity contribution is 0.0950. The first-order chi connectivity index (χ1) is 12.1. The molecule has 128 valence electrons. The predicted octanol–water partition coefficient (Wildman–Crippen LogP) is 3.38. The summed E-state index contributed by atoms with van der Waals surface area (Å²) in [5.74, 6) is -0.0672. The third kappa shape index (κ3) is 4.06. The van der Waals surface area contributed by atoms with Gasteiger partial charge in [-0.25, -0.2) is 5.43 Å². The maximum atomic E-state index is 12.1. The smallest absolute Gasteiger partial charge is 0.291 e. The Labute approximate surface area is 155 Å². The summed E-state index contributed by atoms with van der Waals surface area (Å²) < 4.78 is 6.01. The van der Waals surface area contributed by atoms with Gasteiger partial charge in [0.1, 0.15) is 0 Å². The highest BCUT2D eigenvalue weighted by Gasteiger charge is 2.12. The molecule has 0 unspecified atom stereocenters. The van der Waals surface area contributed by atoms with Gasteiger partial charge in [0.2, 0.25) is 0 Å².